The Morgan fingerprint density at radius 2 is 1.72 bits per heavy atom. The van der Waals surface area contributed by atoms with Crippen molar-refractivity contribution in [2.24, 2.45) is 0 Å². The van der Waals surface area contributed by atoms with E-state index in [1.54, 1.807) is 26.4 Å². The van der Waals surface area contributed by atoms with Gasteiger partial charge in [-0.3, -0.25) is 14.5 Å². The molecule has 0 bridgehead atoms. The molecule has 0 unspecified atom stereocenters. The number of carbonyl (C=O) groups is 2. The molecule has 0 spiro atoms. The van der Waals surface area contributed by atoms with Crippen molar-refractivity contribution in [1.82, 2.24) is 14.7 Å². The lowest BCUT2D eigenvalue weighted by Gasteiger charge is -2.36. The molecule has 29 heavy (non-hydrogen) atoms. The number of methoxy groups -OCH3 is 2. The highest BCUT2D eigenvalue weighted by atomic mass is 16.5. The summed E-state index contributed by atoms with van der Waals surface area (Å²) in [7, 11) is 7.18. The number of benzene rings is 1. The fourth-order valence-electron chi connectivity index (χ4n) is 4.13. The Morgan fingerprint density at radius 3 is 2.31 bits per heavy atom. The van der Waals surface area contributed by atoms with Crippen LogP contribution in [0.25, 0.3) is 5.57 Å². The van der Waals surface area contributed by atoms with Crippen LogP contribution in [-0.2, 0) is 9.59 Å². The van der Waals surface area contributed by atoms with Gasteiger partial charge in [-0.05, 0) is 57.1 Å². The topological polar surface area (TPSA) is 62.3 Å². The SMILES string of the molecule is CCCN1C(=O)C(c2ccc(OC)c(OC)c2)=C(N(C)C2CCN(C)CC2)C1=O. The normalized spacial score (nSPS) is 18.6. The largest absolute Gasteiger partial charge is 0.493 e. The fraction of sp³-hybridized carbons (Fsp3) is 0.545. The highest BCUT2D eigenvalue weighted by Gasteiger charge is 2.42. The molecule has 0 aliphatic carbocycles. The number of ether oxygens (including phenoxy) is 2. The molecule has 0 N–H and O–H groups in total. The van der Waals surface area contributed by atoms with Gasteiger partial charge in [-0.25, -0.2) is 0 Å². The lowest BCUT2D eigenvalue weighted by Crippen LogP contribution is -2.43. The van der Waals surface area contributed by atoms with E-state index in [0.29, 0.717) is 34.9 Å². The fourth-order valence-corrected chi connectivity index (χ4v) is 4.13. The van der Waals surface area contributed by atoms with Crippen LogP contribution in [0.4, 0.5) is 0 Å². The van der Waals surface area contributed by atoms with Crippen molar-refractivity contribution in [3.05, 3.63) is 29.5 Å². The monoisotopic (exact) mass is 401 g/mol. The summed E-state index contributed by atoms with van der Waals surface area (Å²) < 4.78 is 10.7. The molecule has 1 aromatic carbocycles. The predicted molar refractivity (Wildman–Crippen MR) is 112 cm³/mol. The quantitative estimate of drug-likeness (QED) is 0.653. The van der Waals surface area contributed by atoms with E-state index in [0.717, 1.165) is 32.4 Å². The zero-order valence-electron chi connectivity index (χ0n) is 18.0. The molecular weight excluding hydrogens is 370 g/mol. The number of likely N-dealkylation sites (N-methyl/N-ethyl adjacent to an activating group) is 1. The standard InChI is InChI=1S/C22H31N3O4/c1-6-11-25-21(26)19(15-7-8-17(28-4)18(14-15)29-5)20(22(25)27)24(3)16-9-12-23(2)13-10-16/h7-8,14,16H,6,9-13H2,1-5H3. The molecule has 7 heteroatoms. The van der Waals surface area contributed by atoms with E-state index in [4.69, 9.17) is 9.47 Å². The Bertz CT molecular complexity index is 812. The Balaban J connectivity index is 2.06. The second kappa shape index (κ2) is 8.86. The minimum Gasteiger partial charge on any atom is -0.493 e. The molecule has 0 aromatic heterocycles. The number of amides is 2. The number of nitrogens with zero attached hydrogens (tertiary/aromatic N) is 3. The van der Waals surface area contributed by atoms with E-state index < -0.39 is 0 Å². The van der Waals surface area contributed by atoms with Crippen molar-refractivity contribution >= 4 is 17.4 Å². The van der Waals surface area contributed by atoms with E-state index in [-0.39, 0.29) is 17.9 Å². The first-order valence-corrected chi connectivity index (χ1v) is 10.2. The molecular formula is C22H31N3O4. The number of likely N-dealkylation sites (tertiary alicyclic amines) is 1. The van der Waals surface area contributed by atoms with Gasteiger partial charge in [-0.2, -0.15) is 0 Å². The van der Waals surface area contributed by atoms with E-state index in [1.165, 1.54) is 4.90 Å². The molecule has 0 saturated carbocycles. The van der Waals surface area contributed by atoms with Crippen LogP contribution in [0, 0.1) is 0 Å². The summed E-state index contributed by atoms with van der Waals surface area (Å²) >= 11 is 0. The van der Waals surface area contributed by atoms with Crippen LogP contribution in [0.2, 0.25) is 0 Å². The molecule has 2 heterocycles. The van der Waals surface area contributed by atoms with Crippen LogP contribution in [0.15, 0.2) is 23.9 Å². The predicted octanol–water partition coefficient (Wildman–Crippen LogP) is 2.22. The molecule has 158 valence electrons. The van der Waals surface area contributed by atoms with Crippen molar-refractivity contribution in [3.63, 3.8) is 0 Å². The third-order valence-corrected chi connectivity index (χ3v) is 5.85. The lowest BCUT2D eigenvalue weighted by molar-refractivity contribution is -0.137. The summed E-state index contributed by atoms with van der Waals surface area (Å²) in [6.45, 7) is 4.35. The van der Waals surface area contributed by atoms with Crippen molar-refractivity contribution in [1.29, 1.82) is 0 Å². The first-order chi connectivity index (χ1) is 13.9. The van der Waals surface area contributed by atoms with E-state index in [1.807, 2.05) is 24.9 Å². The molecule has 3 rings (SSSR count). The van der Waals surface area contributed by atoms with Gasteiger partial charge in [0.2, 0.25) is 0 Å². The average Bonchev–Trinajstić information content (AvgIpc) is 2.98. The van der Waals surface area contributed by atoms with Crippen LogP contribution in [0.3, 0.4) is 0 Å². The number of hydrogen-bond donors (Lipinski definition) is 0. The number of hydrogen-bond acceptors (Lipinski definition) is 6. The van der Waals surface area contributed by atoms with Crippen molar-refractivity contribution < 1.29 is 19.1 Å². The second-order valence-electron chi connectivity index (χ2n) is 7.70. The minimum absolute atomic E-state index is 0.205. The molecule has 2 aliphatic rings. The number of imide groups is 1. The van der Waals surface area contributed by atoms with Gasteiger partial charge >= 0.3 is 0 Å². The summed E-state index contributed by atoms with van der Waals surface area (Å²) in [5.74, 6) is 0.680. The third kappa shape index (κ3) is 3.96. The van der Waals surface area contributed by atoms with Crippen LogP contribution in [0.1, 0.15) is 31.7 Å². The molecule has 1 aromatic rings. The Morgan fingerprint density at radius 1 is 1.07 bits per heavy atom. The van der Waals surface area contributed by atoms with Gasteiger partial charge in [-0.15, -0.1) is 0 Å². The summed E-state index contributed by atoms with van der Waals surface area (Å²) in [6, 6.07) is 5.60. The van der Waals surface area contributed by atoms with Crippen molar-refractivity contribution in [2.75, 3.05) is 47.9 Å². The molecule has 1 saturated heterocycles. The van der Waals surface area contributed by atoms with Gasteiger partial charge in [0.1, 0.15) is 5.70 Å². The Kier molecular flexibility index (Phi) is 6.47. The maximum absolute atomic E-state index is 13.3. The number of carbonyl (C=O) groups excluding carboxylic acids is 2. The highest BCUT2D eigenvalue weighted by Crippen LogP contribution is 2.37. The van der Waals surface area contributed by atoms with Crippen LogP contribution < -0.4 is 9.47 Å². The Labute approximate surface area is 172 Å². The third-order valence-electron chi connectivity index (χ3n) is 5.85. The lowest BCUT2D eigenvalue weighted by atomic mass is 10.00. The summed E-state index contributed by atoms with van der Waals surface area (Å²) in [6.07, 6.45) is 2.65. The first-order valence-electron chi connectivity index (χ1n) is 10.2. The zero-order valence-corrected chi connectivity index (χ0v) is 18.0. The number of piperidine rings is 1. The summed E-state index contributed by atoms with van der Waals surface area (Å²) in [5.41, 5.74) is 1.62. The van der Waals surface area contributed by atoms with Gasteiger partial charge in [0.05, 0.1) is 19.8 Å². The van der Waals surface area contributed by atoms with E-state index >= 15 is 0 Å². The maximum Gasteiger partial charge on any atom is 0.277 e. The number of rotatable bonds is 7. The molecule has 0 radical (unpaired) electrons. The average molecular weight is 402 g/mol. The van der Waals surface area contributed by atoms with Crippen molar-refractivity contribution in [2.45, 2.75) is 32.2 Å². The second-order valence-corrected chi connectivity index (χ2v) is 7.70. The smallest absolute Gasteiger partial charge is 0.277 e. The van der Waals surface area contributed by atoms with Gasteiger partial charge in [-0.1, -0.05) is 13.0 Å². The van der Waals surface area contributed by atoms with E-state index in [2.05, 4.69) is 11.9 Å². The van der Waals surface area contributed by atoms with E-state index in [9.17, 15) is 9.59 Å². The van der Waals surface area contributed by atoms with Gasteiger partial charge in [0.25, 0.3) is 11.8 Å². The van der Waals surface area contributed by atoms with Gasteiger partial charge in [0, 0.05) is 19.6 Å². The molecule has 1 fully saturated rings. The Hall–Kier alpha value is -2.54. The highest BCUT2D eigenvalue weighted by molar-refractivity contribution is 6.35. The summed E-state index contributed by atoms with van der Waals surface area (Å²) in [4.78, 5) is 32.2. The minimum atomic E-state index is -0.237. The van der Waals surface area contributed by atoms with Crippen LogP contribution in [0.5, 0.6) is 11.5 Å². The van der Waals surface area contributed by atoms with Gasteiger partial charge in [0.15, 0.2) is 11.5 Å². The maximum atomic E-state index is 13.3. The zero-order chi connectivity index (χ0) is 21.1. The first kappa shape index (κ1) is 21.2. The molecule has 7 nitrogen and oxygen atoms in total. The van der Waals surface area contributed by atoms with Crippen molar-refractivity contribution in [3.8, 4) is 11.5 Å². The molecule has 2 amide bonds. The molecule has 0 atom stereocenters. The molecule has 2 aliphatic heterocycles. The van der Waals surface area contributed by atoms with Gasteiger partial charge < -0.3 is 19.3 Å². The van der Waals surface area contributed by atoms with Crippen LogP contribution >= 0.6 is 0 Å². The van der Waals surface area contributed by atoms with Crippen LogP contribution in [-0.4, -0.2) is 80.5 Å². The summed E-state index contributed by atoms with van der Waals surface area (Å²) in [5, 5.41) is 0.